The molecule has 0 saturated carbocycles. The number of H-pyrrole nitrogens is 1. The Morgan fingerprint density at radius 2 is 2.07 bits per heavy atom. The maximum atomic E-state index is 13.2. The van der Waals surface area contributed by atoms with Crippen LogP contribution in [0.2, 0.25) is 0 Å². The highest BCUT2D eigenvalue weighted by molar-refractivity contribution is 7.08. The number of carbonyl (C=O) groups excluding carboxylic acids is 1. The molecule has 2 aliphatic rings. The lowest BCUT2D eigenvalue weighted by atomic mass is 10.1. The first-order chi connectivity index (χ1) is 13.7. The molecule has 0 saturated heterocycles. The monoisotopic (exact) mass is 427 g/mol. The number of rotatable bonds is 5. The summed E-state index contributed by atoms with van der Waals surface area (Å²) in [6, 6.07) is 12.4. The van der Waals surface area contributed by atoms with E-state index in [1.54, 1.807) is 21.1 Å². The first-order valence-electron chi connectivity index (χ1n) is 9.58. The van der Waals surface area contributed by atoms with Crippen molar-refractivity contribution in [2.24, 2.45) is 4.99 Å². The van der Waals surface area contributed by atoms with E-state index in [1.807, 2.05) is 29.6 Å². The molecule has 1 aromatic carbocycles. The Morgan fingerprint density at radius 1 is 1.24 bits per heavy atom. The summed E-state index contributed by atoms with van der Waals surface area (Å²) in [6.45, 7) is 3.33. The van der Waals surface area contributed by atoms with Crippen molar-refractivity contribution in [2.75, 3.05) is 18.0 Å². The first kappa shape index (κ1) is 19.7. The molecule has 6 nitrogen and oxygen atoms in total. The minimum Gasteiger partial charge on any atom is -0.334 e. The van der Waals surface area contributed by atoms with E-state index in [0.717, 1.165) is 35.8 Å². The van der Waals surface area contributed by atoms with Gasteiger partial charge < -0.3 is 4.98 Å². The van der Waals surface area contributed by atoms with Crippen molar-refractivity contribution in [3.05, 3.63) is 58.4 Å². The Kier molecular flexibility index (Phi) is 5.43. The fraction of sp³-hybridized carbons (Fsp3) is 0.286. The predicted octanol–water partition coefficient (Wildman–Crippen LogP) is 4.58. The van der Waals surface area contributed by atoms with Gasteiger partial charge in [-0.25, -0.2) is 9.78 Å². The number of amides is 2. The molecule has 8 heteroatoms. The number of imidazole rings is 1. The summed E-state index contributed by atoms with van der Waals surface area (Å²) in [7, 11) is 0. The van der Waals surface area contributed by atoms with Crippen LogP contribution in [0.5, 0.6) is 0 Å². The average molecular weight is 428 g/mol. The normalized spacial score (nSPS) is 17.6. The van der Waals surface area contributed by atoms with Gasteiger partial charge in [0.2, 0.25) is 0 Å². The molecule has 2 aromatic heterocycles. The van der Waals surface area contributed by atoms with Gasteiger partial charge in [0.15, 0.2) is 11.7 Å². The average Bonchev–Trinajstić information content (AvgIpc) is 3.44. The first-order valence-corrected chi connectivity index (χ1v) is 10.5. The van der Waals surface area contributed by atoms with E-state index in [-0.39, 0.29) is 24.5 Å². The minimum absolute atomic E-state index is 0. The zero-order valence-corrected chi connectivity index (χ0v) is 17.7. The number of amidine groups is 1. The molecule has 0 spiro atoms. The molecule has 0 fully saturated rings. The number of benzene rings is 1. The summed E-state index contributed by atoms with van der Waals surface area (Å²) in [4.78, 5) is 29.9. The molecule has 0 unspecified atom stereocenters. The van der Waals surface area contributed by atoms with Crippen LogP contribution in [0.1, 0.15) is 24.6 Å². The highest BCUT2D eigenvalue weighted by atomic mass is 35.5. The van der Waals surface area contributed by atoms with Gasteiger partial charge in [-0.1, -0.05) is 37.3 Å². The molecule has 4 heterocycles. The van der Waals surface area contributed by atoms with Gasteiger partial charge in [0, 0.05) is 17.5 Å². The predicted molar refractivity (Wildman–Crippen MR) is 119 cm³/mol. The van der Waals surface area contributed by atoms with Crippen molar-refractivity contribution >= 4 is 41.4 Å². The largest absolute Gasteiger partial charge is 0.334 e. The standard InChI is InChI=1S/C21H21N5OS.ClH/c1-2-9-25-20-17(23-18(24-20)15-8-10-28-13-15)19-22-16(12-26(19)21(25)27)11-14-6-4-3-5-7-14;/h3-8,10,13,16H,2,9,11-12H2,1H3,(H,23,24);1H/t16-;/m1./s1. The highest BCUT2D eigenvalue weighted by Gasteiger charge is 2.42. The van der Waals surface area contributed by atoms with Gasteiger partial charge in [-0.3, -0.25) is 14.8 Å². The molecule has 0 radical (unpaired) electrons. The summed E-state index contributed by atoms with van der Waals surface area (Å²) >= 11 is 1.63. The third kappa shape index (κ3) is 3.45. The van der Waals surface area contributed by atoms with Crippen molar-refractivity contribution in [3.63, 3.8) is 0 Å². The number of hydrogen-bond acceptors (Lipinski definition) is 4. The van der Waals surface area contributed by atoms with Gasteiger partial charge in [-0.2, -0.15) is 11.3 Å². The smallest absolute Gasteiger partial charge is 0.331 e. The van der Waals surface area contributed by atoms with Gasteiger partial charge in [0.25, 0.3) is 0 Å². The SMILES string of the molecule is CCCN1C(=O)N2C[C@@H](Cc3ccccc3)N=C2c2[nH]c(-c3ccsc3)nc21.Cl. The van der Waals surface area contributed by atoms with Crippen LogP contribution in [0, 0.1) is 0 Å². The van der Waals surface area contributed by atoms with E-state index >= 15 is 0 Å². The van der Waals surface area contributed by atoms with Crippen molar-refractivity contribution in [3.8, 4) is 11.4 Å². The summed E-state index contributed by atoms with van der Waals surface area (Å²) in [5.74, 6) is 2.21. The number of nitrogens with one attached hydrogen (secondary N) is 1. The Bertz CT molecular complexity index is 1030. The number of aromatic nitrogens is 2. The zero-order chi connectivity index (χ0) is 19.1. The second-order valence-electron chi connectivity index (χ2n) is 7.14. The Hall–Kier alpha value is -2.64. The van der Waals surface area contributed by atoms with Crippen LogP contribution in [-0.4, -0.2) is 45.9 Å². The third-order valence-corrected chi connectivity index (χ3v) is 5.82. The van der Waals surface area contributed by atoms with E-state index < -0.39 is 0 Å². The van der Waals surface area contributed by atoms with E-state index in [4.69, 9.17) is 9.98 Å². The molecule has 0 bridgehead atoms. The fourth-order valence-corrected chi connectivity index (χ4v) is 4.50. The van der Waals surface area contributed by atoms with Gasteiger partial charge in [-0.15, -0.1) is 12.4 Å². The summed E-state index contributed by atoms with van der Waals surface area (Å²) in [6.07, 6.45) is 1.70. The van der Waals surface area contributed by atoms with Crippen molar-refractivity contribution < 1.29 is 4.79 Å². The van der Waals surface area contributed by atoms with Crippen molar-refractivity contribution in [1.29, 1.82) is 0 Å². The highest BCUT2D eigenvalue weighted by Crippen LogP contribution is 2.34. The minimum atomic E-state index is -0.0213. The van der Waals surface area contributed by atoms with Crippen LogP contribution in [-0.2, 0) is 6.42 Å². The Morgan fingerprint density at radius 3 is 2.79 bits per heavy atom. The lowest BCUT2D eigenvalue weighted by Crippen LogP contribution is -2.50. The third-order valence-electron chi connectivity index (χ3n) is 5.14. The second-order valence-corrected chi connectivity index (χ2v) is 7.92. The van der Waals surface area contributed by atoms with Gasteiger partial charge in [0.1, 0.15) is 11.5 Å². The van der Waals surface area contributed by atoms with E-state index in [1.165, 1.54) is 5.56 Å². The maximum absolute atomic E-state index is 13.2. The molecule has 5 rings (SSSR count). The Balaban J connectivity index is 0.00000205. The number of carbonyl (C=O) groups is 1. The molecule has 1 N–H and O–H groups in total. The van der Waals surface area contributed by atoms with Gasteiger partial charge >= 0.3 is 6.03 Å². The topological polar surface area (TPSA) is 64.6 Å². The van der Waals surface area contributed by atoms with Crippen LogP contribution in [0.25, 0.3) is 11.4 Å². The number of thiophene rings is 1. The number of hydrogen-bond donors (Lipinski definition) is 1. The number of aromatic amines is 1. The Labute approximate surface area is 179 Å². The number of halogens is 1. The zero-order valence-electron chi connectivity index (χ0n) is 16.0. The fourth-order valence-electron chi connectivity index (χ4n) is 3.86. The molecule has 150 valence electrons. The molecular weight excluding hydrogens is 406 g/mol. The van der Waals surface area contributed by atoms with E-state index in [0.29, 0.717) is 18.9 Å². The number of fused-ring (bicyclic) bond motifs is 3. The number of anilines is 1. The lowest BCUT2D eigenvalue weighted by Gasteiger charge is -2.32. The molecular formula is C21H22ClN5OS. The number of nitrogens with zero attached hydrogens (tertiary/aromatic N) is 4. The van der Waals surface area contributed by atoms with Crippen LogP contribution >= 0.6 is 23.7 Å². The second kappa shape index (κ2) is 8.00. The molecule has 1 atom stereocenters. The lowest BCUT2D eigenvalue weighted by molar-refractivity contribution is 0.226. The summed E-state index contributed by atoms with van der Waals surface area (Å²) < 4.78 is 0. The van der Waals surface area contributed by atoms with Gasteiger partial charge in [0.05, 0.1) is 12.6 Å². The van der Waals surface area contributed by atoms with Crippen LogP contribution < -0.4 is 4.90 Å². The van der Waals surface area contributed by atoms with Crippen LogP contribution in [0.4, 0.5) is 10.6 Å². The number of urea groups is 1. The molecule has 0 aliphatic carbocycles. The number of aliphatic imine (C=N–C) groups is 1. The van der Waals surface area contributed by atoms with Crippen molar-refractivity contribution in [2.45, 2.75) is 25.8 Å². The van der Waals surface area contributed by atoms with E-state index in [2.05, 4.69) is 29.4 Å². The van der Waals surface area contributed by atoms with E-state index in [9.17, 15) is 4.79 Å². The summed E-state index contributed by atoms with van der Waals surface area (Å²) in [5.41, 5.74) is 3.12. The molecule has 2 aliphatic heterocycles. The van der Waals surface area contributed by atoms with Crippen molar-refractivity contribution in [1.82, 2.24) is 14.9 Å². The van der Waals surface area contributed by atoms with Crippen LogP contribution in [0.3, 0.4) is 0 Å². The summed E-state index contributed by atoms with van der Waals surface area (Å²) in [5, 5.41) is 4.09. The maximum Gasteiger partial charge on any atom is 0.331 e. The molecule has 29 heavy (non-hydrogen) atoms. The van der Waals surface area contributed by atoms with Crippen LogP contribution in [0.15, 0.2) is 52.2 Å². The molecule has 2 amide bonds. The molecule has 3 aromatic rings. The quantitative estimate of drug-likeness (QED) is 0.647. The van der Waals surface area contributed by atoms with Gasteiger partial charge in [-0.05, 0) is 29.9 Å².